The fourth-order valence-corrected chi connectivity index (χ4v) is 3.07. The summed E-state index contributed by atoms with van der Waals surface area (Å²) in [5.41, 5.74) is 1.07. The number of aromatic nitrogens is 4. The Morgan fingerprint density at radius 3 is 2.70 bits per heavy atom. The van der Waals surface area contributed by atoms with E-state index in [1.165, 1.54) is 29.1 Å². The van der Waals surface area contributed by atoms with Gasteiger partial charge in [-0.15, -0.1) is 0 Å². The largest absolute Gasteiger partial charge is 0.416 e. The van der Waals surface area contributed by atoms with E-state index >= 15 is 0 Å². The molecule has 0 bridgehead atoms. The number of benzene rings is 1. The SMILES string of the molecule is Cn1ncc2c(C(=O)NCc3ccccn3)cc(-c3cccc(C(F)(F)F)c3)nc21. The number of pyridine rings is 2. The van der Waals surface area contributed by atoms with Gasteiger partial charge in [-0.25, -0.2) is 4.98 Å². The fraction of sp³-hybridized carbons (Fsp3) is 0.143. The van der Waals surface area contributed by atoms with Crippen molar-refractivity contribution in [3.63, 3.8) is 0 Å². The maximum absolute atomic E-state index is 13.1. The Kier molecular flexibility index (Phi) is 4.94. The number of alkyl halides is 3. The van der Waals surface area contributed by atoms with Crippen LogP contribution in [0.5, 0.6) is 0 Å². The molecule has 3 aromatic heterocycles. The number of rotatable bonds is 4. The molecule has 0 aliphatic rings. The Bertz CT molecular complexity index is 1220. The molecule has 0 atom stereocenters. The van der Waals surface area contributed by atoms with Crippen LogP contribution < -0.4 is 5.32 Å². The third-order valence-corrected chi connectivity index (χ3v) is 4.59. The van der Waals surface area contributed by atoms with E-state index < -0.39 is 17.6 Å². The van der Waals surface area contributed by atoms with Gasteiger partial charge < -0.3 is 5.32 Å². The standard InChI is InChI=1S/C21H16F3N5O/c1-29-19-17(12-27-29)16(20(30)26-11-15-7-2-3-8-25-15)10-18(28-19)13-5-4-6-14(9-13)21(22,23)24/h2-10,12H,11H2,1H3,(H,26,30). The molecule has 0 aliphatic heterocycles. The predicted octanol–water partition coefficient (Wildman–Crippen LogP) is 3.98. The number of carbonyl (C=O) groups is 1. The summed E-state index contributed by atoms with van der Waals surface area (Å²) in [5.74, 6) is -0.394. The van der Waals surface area contributed by atoms with Crippen LogP contribution in [0.25, 0.3) is 22.3 Å². The third kappa shape index (κ3) is 3.86. The van der Waals surface area contributed by atoms with E-state index in [9.17, 15) is 18.0 Å². The first-order valence-corrected chi connectivity index (χ1v) is 9.01. The number of amides is 1. The Hall–Kier alpha value is -3.75. The second kappa shape index (κ2) is 7.58. The van der Waals surface area contributed by atoms with Crippen LogP contribution in [0.2, 0.25) is 0 Å². The van der Waals surface area contributed by atoms with Crippen molar-refractivity contribution in [2.24, 2.45) is 7.05 Å². The summed E-state index contributed by atoms with van der Waals surface area (Å²) in [6, 6.07) is 11.7. The number of carbonyl (C=O) groups excluding carboxylic acids is 1. The second-order valence-corrected chi connectivity index (χ2v) is 6.64. The minimum Gasteiger partial charge on any atom is -0.346 e. The lowest BCUT2D eigenvalue weighted by molar-refractivity contribution is -0.137. The summed E-state index contributed by atoms with van der Waals surface area (Å²) in [6.45, 7) is 0.211. The molecule has 1 aromatic carbocycles. The fourth-order valence-electron chi connectivity index (χ4n) is 3.07. The van der Waals surface area contributed by atoms with E-state index in [-0.39, 0.29) is 23.4 Å². The molecule has 0 spiro atoms. The molecule has 9 heteroatoms. The van der Waals surface area contributed by atoms with E-state index in [1.807, 2.05) is 6.07 Å². The normalized spacial score (nSPS) is 11.6. The number of fused-ring (bicyclic) bond motifs is 1. The number of hydrogen-bond acceptors (Lipinski definition) is 4. The Labute approximate surface area is 169 Å². The number of nitrogens with one attached hydrogen (secondary N) is 1. The first-order valence-electron chi connectivity index (χ1n) is 9.01. The highest BCUT2D eigenvalue weighted by molar-refractivity contribution is 6.06. The van der Waals surface area contributed by atoms with Crippen LogP contribution in [0.1, 0.15) is 21.6 Å². The lowest BCUT2D eigenvalue weighted by atomic mass is 10.0. The molecular formula is C21H16F3N5O. The van der Waals surface area contributed by atoms with Gasteiger partial charge in [0.1, 0.15) is 0 Å². The summed E-state index contributed by atoms with van der Waals surface area (Å²) in [7, 11) is 1.65. The van der Waals surface area contributed by atoms with Gasteiger partial charge in [-0.05, 0) is 30.3 Å². The average Bonchev–Trinajstić information content (AvgIpc) is 3.12. The topological polar surface area (TPSA) is 72.7 Å². The van der Waals surface area contributed by atoms with E-state index in [0.29, 0.717) is 16.7 Å². The number of nitrogens with zero attached hydrogens (tertiary/aromatic N) is 4. The first-order chi connectivity index (χ1) is 14.3. The van der Waals surface area contributed by atoms with Crippen molar-refractivity contribution in [3.8, 4) is 11.3 Å². The van der Waals surface area contributed by atoms with Gasteiger partial charge in [0.05, 0.1) is 40.6 Å². The minimum atomic E-state index is -4.48. The van der Waals surface area contributed by atoms with Crippen LogP contribution in [0.15, 0.2) is 60.9 Å². The van der Waals surface area contributed by atoms with E-state index in [0.717, 1.165) is 12.1 Å². The van der Waals surface area contributed by atoms with Crippen molar-refractivity contribution in [2.45, 2.75) is 12.7 Å². The third-order valence-electron chi connectivity index (χ3n) is 4.59. The highest BCUT2D eigenvalue weighted by Crippen LogP contribution is 2.32. The van der Waals surface area contributed by atoms with Crippen LogP contribution in [-0.4, -0.2) is 25.7 Å². The van der Waals surface area contributed by atoms with Crippen molar-refractivity contribution in [2.75, 3.05) is 0 Å². The van der Waals surface area contributed by atoms with Gasteiger partial charge in [-0.1, -0.05) is 18.2 Å². The molecule has 0 saturated heterocycles. The van der Waals surface area contributed by atoms with Crippen LogP contribution in [0.4, 0.5) is 13.2 Å². The van der Waals surface area contributed by atoms with E-state index in [2.05, 4.69) is 20.4 Å². The molecule has 30 heavy (non-hydrogen) atoms. The monoisotopic (exact) mass is 411 g/mol. The maximum Gasteiger partial charge on any atom is 0.416 e. The van der Waals surface area contributed by atoms with Crippen molar-refractivity contribution < 1.29 is 18.0 Å². The molecule has 4 rings (SSSR count). The lowest BCUT2D eigenvalue weighted by Gasteiger charge is -2.11. The molecule has 3 heterocycles. The molecule has 0 saturated carbocycles. The molecule has 4 aromatic rings. The quantitative estimate of drug-likeness (QED) is 0.551. The smallest absolute Gasteiger partial charge is 0.346 e. The van der Waals surface area contributed by atoms with Crippen LogP contribution in [0, 0.1) is 0 Å². The van der Waals surface area contributed by atoms with Gasteiger partial charge in [0.2, 0.25) is 0 Å². The molecule has 6 nitrogen and oxygen atoms in total. The molecule has 0 fully saturated rings. The van der Waals surface area contributed by atoms with Crippen molar-refractivity contribution in [1.82, 2.24) is 25.1 Å². The molecule has 0 unspecified atom stereocenters. The van der Waals surface area contributed by atoms with E-state index in [1.54, 1.807) is 25.4 Å². The van der Waals surface area contributed by atoms with Crippen LogP contribution in [0.3, 0.4) is 0 Å². The van der Waals surface area contributed by atoms with Crippen molar-refractivity contribution >= 4 is 16.9 Å². The Morgan fingerprint density at radius 1 is 1.13 bits per heavy atom. The summed E-state index contributed by atoms with van der Waals surface area (Å²) < 4.78 is 40.8. The zero-order valence-electron chi connectivity index (χ0n) is 15.8. The molecular weight excluding hydrogens is 395 g/mol. The average molecular weight is 411 g/mol. The predicted molar refractivity (Wildman–Crippen MR) is 104 cm³/mol. The number of hydrogen-bond donors (Lipinski definition) is 1. The van der Waals surface area contributed by atoms with E-state index in [4.69, 9.17) is 0 Å². The highest BCUT2D eigenvalue weighted by atomic mass is 19.4. The van der Waals surface area contributed by atoms with Crippen molar-refractivity contribution in [3.05, 3.63) is 77.7 Å². The van der Waals surface area contributed by atoms with Crippen LogP contribution >= 0.6 is 0 Å². The van der Waals surface area contributed by atoms with Gasteiger partial charge in [-0.3, -0.25) is 14.5 Å². The Balaban J connectivity index is 1.74. The van der Waals surface area contributed by atoms with Gasteiger partial charge in [0, 0.05) is 18.8 Å². The van der Waals surface area contributed by atoms with Crippen molar-refractivity contribution in [1.29, 1.82) is 0 Å². The second-order valence-electron chi connectivity index (χ2n) is 6.64. The van der Waals surface area contributed by atoms with Gasteiger partial charge in [0.15, 0.2) is 5.65 Å². The minimum absolute atomic E-state index is 0.211. The zero-order chi connectivity index (χ0) is 21.3. The summed E-state index contributed by atoms with van der Waals surface area (Å²) >= 11 is 0. The summed E-state index contributed by atoms with van der Waals surface area (Å²) in [5, 5.41) is 7.42. The van der Waals surface area contributed by atoms with Gasteiger partial charge in [0.25, 0.3) is 5.91 Å². The number of halogens is 3. The lowest BCUT2D eigenvalue weighted by Crippen LogP contribution is -2.23. The maximum atomic E-state index is 13.1. The first kappa shape index (κ1) is 19.6. The molecule has 1 amide bonds. The molecule has 1 N–H and O–H groups in total. The molecule has 0 radical (unpaired) electrons. The summed E-state index contributed by atoms with van der Waals surface area (Å²) in [4.78, 5) is 21.5. The van der Waals surface area contributed by atoms with Gasteiger partial charge >= 0.3 is 6.18 Å². The number of aryl methyl sites for hydroxylation is 1. The van der Waals surface area contributed by atoms with Gasteiger partial charge in [-0.2, -0.15) is 18.3 Å². The van der Waals surface area contributed by atoms with Crippen LogP contribution in [-0.2, 0) is 19.8 Å². The summed E-state index contributed by atoms with van der Waals surface area (Å²) in [6.07, 6.45) is -1.34. The molecule has 152 valence electrons. The Morgan fingerprint density at radius 2 is 1.97 bits per heavy atom. The highest BCUT2D eigenvalue weighted by Gasteiger charge is 2.30. The molecule has 0 aliphatic carbocycles. The zero-order valence-corrected chi connectivity index (χ0v) is 15.8.